The van der Waals surface area contributed by atoms with Crippen LogP contribution in [0, 0.1) is 5.92 Å². The van der Waals surface area contributed by atoms with E-state index in [-0.39, 0.29) is 0 Å². The van der Waals surface area contributed by atoms with Crippen LogP contribution in [0.15, 0.2) is 0 Å². The quantitative estimate of drug-likeness (QED) is 0.641. The normalized spacial score (nSPS) is 29.5. The summed E-state index contributed by atoms with van der Waals surface area (Å²) in [5, 5.41) is 0. The van der Waals surface area contributed by atoms with Gasteiger partial charge in [-0.1, -0.05) is 13.3 Å². The standard InChI is InChI=1S/C10H21NO/c1-2-7-12-8-6-9-4-3-5-10(9)11/h9-10H,2-8,11H2,1H3. The molecule has 2 heteroatoms. The molecule has 0 aromatic carbocycles. The van der Waals surface area contributed by atoms with Gasteiger partial charge in [-0.3, -0.25) is 0 Å². The van der Waals surface area contributed by atoms with E-state index in [1.807, 2.05) is 0 Å². The van der Waals surface area contributed by atoms with Crippen LogP contribution in [0.3, 0.4) is 0 Å². The molecule has 0 aliphatic heterocycles. The van der Waals surface area contributed by atoms with Gasteiger partial charge < -0.3 is 10.5 Å². The average Bonchev–Trinajstić information content (AvgIpc) is 2.46. The lowest BCUT2D eigenvalue weighted by atomic mass is 10.0. The van der Waals surface area contributed by atoms with Gasteiger partial charge in [-0.2, -0.15) is 0 Å². The molecule has 0 amide bonds. The first-order valence-corrected chi connectivity index (χ1v) is 5.18. The molecule has 2 atom stereocenters. The fraction of sp³-hybridized carbons (Fsp3) is 1.00. The van der Waals surface area contributed by atoms with E-state index in [2.05, 4.69) is 6.92 Å². The number of hydrogen-bond donors (Lipinski definition) is 1. The molecule has 2 unspecified atom stereocenters. The van der Waals surface area contributed by atoms with Crippen molar-refractivity contribution >= 4 is 0 Å². The van der Waals surface area contributed by atoms with Crippen molar-refractivity contribution in [3.8, 4) is 0 Å². The third kappa shape index (κ3) is 3.11. The van der Waals surface area contributed by atoms with Crippen molar-refractivity contribution in [2.75, 3.05) is 13.2 Å². The third-order valence-corrected chi connectivity index (χ3v) is 2.70. The Kier molecular flexibility index (Phi) is 4.62. The van der Waals surface area contributed by atoms with E-state index in [0.29, 0.717) is 6.04 Å². The van der Waals surface area contributed by atoms with E-state index in [9.17, 15) is 0 Å². The second-order valence-electron chi connectivity index (χ2n) is 3.76. The van der Waals surface area contributed by atoms with Crippen LogP contribution in [0.2, 0.25) is 0 Å². The molecule has 0 aromatic heterocycles. The molecular formula is C10H21NO. The first-order valence-electron chi connectivity index (χ1n) is 5.18. The summed E-state index contributed by atoms with van der Waals surface area (Å²) in [6.45, 7) is 3.95. The molecule has 0 bridgehead atoms. The minimum absolute atomic E-state index is 0.454. The highest BCUT2D eigenvalue weighted by atomic mass is 16.5. The molecule has 1 aliphatic carbocycles. The van der Waals surface area contributed by atoms with Gasteiger partial charge in [0, 0.05) is 19.3 Å². The van der Waals surface area contributed by atoms with Crippen LogP contribution in [0.4, 0.5) is 0 Å². The largest absolute Gasteiger partial charge is 0.381 e. The van der Waals surface area contributed by atoms with Crippen molar-refractivity contribution in [2.45, 2.75) is 45.1 Å². The second-order valence-corrected chi connectivity index (χ2v) is 3.76. The molecule has 1 fully saturated rings. The summed E-state index contributed by atoms with van der Waals surface area (Å²) in [6.07, 6.45) is 6.15. The Bertz CT molecular complexity index is 116. The summed E-state index contributed by atoms with van der Waals surface area (Å²) < 4.78 is 5.44. The Labute approximate surface area is 75.5 Å². The van der Waals surface area contributed by atoms with E-state index in [1.54, 1.807) is 0 Å². The van der Waals surface area contributed by atoms with E-state index in [4.69, 9.17) is 10.5 Å². The van der Waals surface area contributed by atoms with Gasteiger partial charge in [0.2, 0.25) is 0 Å². The molecular weight excluding hydrogens is 150 g/mol. The van der Waals surface area contributed by atoms with Crippen molar-refractivity contribution < 1.29 is 4.74 Å². The molecule has 0 heterocycles. The predicted octanol–water partition coefficient (Wildman–Crippen LogP) is 1.93. The lowest BCUT2D eigenvalue weighted by Gasteiger charge is -2.14. The molecule has 1 aliphatic rings. The molecule has 1 saturated carbocycles. The van der Waals surface area contributed by atoms with E-state index in [0.717, 1.165) is 25.6 Å². The maximum atomic E-state index is 5.94. The number of ether oxygens (including phenoxy) is 1. The molecule has 12 heavy (non-hydrogen) atoms. The minimum Gasteiger partial charge on any atom is -0.381 e. The lowest BCUT2D eigenvalue weighted by Crippen LogP contribution is -2.25. The van der Waals surface area contributed by atoms with Crippen molar-refractivity contribution in [1.29, 1.82) is 0 Å². The van der Waals surface area contributed by atoms with Gasteiger partial charge in [0.1, 0.15) is 0 Å². The summed E-state index contributed by atoms with van der Waals surface area (Å²) in [7, 11) is 0. The first kappa shape index (κ1) is 10.0. The zero-order valence-corrected chi connectivity index (χ0v) is 8.09. The molecule has 72 valence electrons. The van der Waals surface area contributed by atoms with E-state index < -0.39 is 0 Å². The Balaban J connectivity index is 1.98. The summed E-state index contributed by atoms with van der Waals surface area (Å²) >= 11 is 0. The van der Waals surface area contributed by atoms with Gasteiger partial charge in [-0.25, -0.2) is 0 Å². The summed E-state index contributed by atoms with van der Waals surface area (Å²) in [4.78, 5) is 0. The van der Waals surface area contributed by atoms with Crippen LogP contribution in [0.1, 0.15) is 39.0 Å². The predicted molar refractivity (Wildman–Crippen MR) is 51.0 cm³/mol. The molecule has 0 aromatic rings. The van der Waals surface area contributed by atoms with Gasteiger partial charge in [-0.05, 0) is 31.6 Å². The summed E-state index contributed by atoms with van der Waals surface area (Å²) in [5.74, 6) is 0.738. The number of hydrogen-bond acceptors (Lipinski definition) is 2. The van der Waals surface area contributed by atoms with Gasteiger partial charge in [0.25, 0.3) is 0 Å². The van der Waals surface area contributed by atoms with Crippen LogP contribution in [-0.2, 0) is 4.74 Å². The van der Waals surface area contributed by atoms with Crippen LogP contribution in [-0.4, -0.2) is 19.3 Å². The highest BCUT2D eigenvalue weighted by Gasteiger charge is 2.22. The Morgan fingerprint density at radius 1 is 1.33 bits per heavy atom. The Morgan fingerprint density at radius 3 is 2.75 bits per heavy atom. The SMILES string of the molecule is CCCOCCC1CCCC1N. The zero-order chi connectivity index (χ0) is 8.81. The van der Waals surface area contributed by atoms with Crippen LogP contribution in [0.25, 0.3) is 0 Å². The summed E-state index contributed by atoms with van der Waals surface area (Å²) in [5.41, 5.74) is 5.94. The highest BCUT2D eigenvalue weighted by molar-refractivity contribution is 4.79. The average molecular weight is 171 g/mol. The molecule has 0 saturated heterocycles. The van der Waals surface area contributed by atoms with Crippen LogP contribution >= 0.6 is 0 Å². The lowest BCUT2D eigenvalue weighted by molar-refractivity contribution is 0.119. The Hall–Kier alpha value is -0.0800. The van der Waals surface area contributed by atoms with E-state index in [1.165, 1.54) is 25.7 Å². The van der Waals surface area contributed by atoms with Gasteiger partial charge in [-0.15, -0.1) is 0 Å². The van der Waals surface area contributed by atoms with Crippen molar-refractivity contribution in [2.24, 2.45) is 11.7 Å². The maximum Gasteiger partial charge on any atom is 0.0469 e. The van der Waals surface area contributed by atoms with Crippen molar-refractivity contribution in [1.82, 2.24) is 0 Å². The molecule has 1 rings (SSSR count). The summed E-state index contributed by atoms with van der Waals surface area (Å²) in [6, 6.07) is 0.454. The molecule has 0 radical (unpaired) electrons. The van der Waals surface area contributed by atoms with Crippen molar-refractivity contribution in [3.05, 3.63) is 0 Å². The molecule has 2 nitrogen and oxygen atoms in total. The first-order chi connectivity index (χ1) is 5.84. The second kappa shape index (κ2) is 5.55. The van der Waals surface area contributed by atoms with Gasteiger partial charge in [0.15, 0.2) is 0 Å². The smallest absolute Gasteiger partial charge is 0.0469 e. The van der Waals surface area contributed by atoms with Crippen LogP contribution in [0.5, 0.6) is 0 Å². The third-order valence-electron chi connectivity index (χ3n) is 2.70. The molecule has 0 spiro atoms. The van der Waals surface area contributed by atoms with Gasteiger partial charge in [0.05, 0.1) is 0 Å². The zero-order valence-electron chi connectivity index (χ0n) is 8.09. The fourth-order valence-corrected chi connectivity index (χ4v) is 1.91. The van der Waals surface area contributed by atoms with Crippen LogP contribution < -0.4 is 5.73 Å². The van der Waals surface area contributed by atoms with Crippen molar-refractivity contribution in [3.63, 3.8) is 0 Å². The fourth-order valence-electron chi connectivity index (χ4n) is 1.91. The monoisotopic (exact) mass is 171 g/mol. The minimum atomic E-state index is 0.454. The maximum absolute atomic E-state index is 5.94. The highest BCUT2D eigenvalue weighted by Crippen LogP contribution is 2.26. The number of rotatable bonds is 5. The van der Waals surface area contributed by atoms with Gasteiger partial charge >= 0.3 is 0 Å². The molecule has 2 N–H and O–H groups in total. The Morgan fingerprint density at radius 2 is 2.17 bits per heavy atom. The number of nitrogens with two attached hydrogens (primary N) is 1. The van der Waals surface area contributed by atoms with E-state index >= 15 is 0 Å². The topological polar surface area (TPSA) is 35.2 Å².